The summed E-state index contributed by atoms with van der Waals surface area (Å²) in [5.41, 5.74) is 0.625. The van der Waals surface area contributed by atoms with Crippen LogP contribution < -0.4 is 5.32 Å². The first-order valence-electron chi connectivity index (χ1n) is 5.87. The lowest BCUT2D eigenvalue weighted by Crippen LogP contribution is -2.26. The normalized spacial score (nSPS) is 22.3. The summed E-state index contributed by atoms with van der Waals surface area (Å²) >= 11 is 9.27. The molecule has 2 nitrogen and oxygen atoms in total. The van der Waals surface area contributed by atoms with E-state index in [2.05, 4.69) is 28.2 Å². The predicted octanol–water partition coefficient (Wildman–Crippen LogP) is 4.02. The van der Waals surface area contributed by atoms with Gasteiger partial charge in [-0.25, -0.2) is 0 Å². The summed E-state index contributed by atoms with van der Waals surface area (Å²) in [6.07, 6.45) is 3.50. The van der Waals surface area contributed by atoms with Crippen molar-refractivity contribution in [2.75, 3.05) is 0 Å². The summed E-state index contributed by atoms with van der Waals surface area (Å²) in [6.45, 7) is 2.17. The van der Waals surface area contributed by atoms with Crippen molar-refractivity contribution in [2.45, 2.75) is 32.2 Å². The molecule has 2 atom stereocenters. The van der Waals surface area contributed by atoms with Crippen LogP contribution in [-0.4, -0.2) is 11.9 Å². The molecule has 2 unspecified atom stereocenters. The molecule has 1 aromatic carbocycles. The second-order valence-electron chi connectivity index (χ2n) is 4.49. The van der Waals surface area contributed by atoms with Gasteiger partial charge in [0.25, 0.3) is 5.91 Å². The molecular weight excluding hydrogens is 302 g/mol. The highest BCUT2D eigenvalue weighted by Gasteiger charge is 2.37. The molecule has 17 heavy (non-hydrogen) atoms. The molecule has 1 N–H and O–H groups in total. The number of hydrogen-bond acceptors (Lipinski definition) is 1. The Morgan fingerprint density at radius 3 is 3.00 bits per heavy atom. The van der Waals surface area contributed by atoms with Crippen molar-refractivity contribution in [3.63, 3.8) is 0 Å². The zero-order chi connectivity index (χ0) is 12.4. The molecule has 1 aliphatic carbocycles. The SMILES string of the molecule is CCCC1CC1NC(=O)c1ccc(Br)c(Cl)c1. The first kappa shape index (κ1) is 12.9. The Bertz CT molecular complexity index is 435. The number of benzene rings is 1. The quantitative estimate of drug-likeness (QED) is 0.893. The van der Waals surface area contributed by atoms with E-state index >= 15 is 0 Å². The molecule has 2 rings (SSSR count). The Hall–Kier alpha value is -0.540. The van der Waals surface area contributed by atoms with Gasteiger partial charge in [-0.1, -0.05) is 24.9 Å². The Morgan fingerprint density at radius 2 is 2.35 bits per heavy atom. The van der Waals surface area contributed by atoms with Gasteiger partial charge >= 0.3 is 0 Å². The van der Waals surface area contributed by atoms with E-state index in [-0.39, 0.29) is 5.91 Å². The van der Waals surface area contributed by atoms with Gasteiger partial charge in [-0.05, 0) is 52.9 Å². The fourth-order valence-electron chi connectivity index (χ4n) is 2.00. The van der Waals surface area contributed by atoms with Crippen LogP contribution in [0.4, 0.5) is 0 Å². The standard InChI is InChI=1S/C13H15BrClNO/c1-2-3-8-7-12(8)16-13(17)9-4-5-10(14)11(15)6-9/h4-6,8,12H,2-3,7H2,1H3,(H,16,17). The van der Waals surface area contributed by atoms with Crippen LogP contribution in [0.5, 0.6) is 0 Å². The third-order valence-corrected chi connectivity index (χ3v) is 4.31. The first-order chi connectivity index (χ1) is 8.11. The van der Waals surface area contributed by atoms with Crippen LogP contribution in [-0.2, 0) is 0 Å². The Kier molecular flexibility index (Phi) is 4.10. The maximum absolute atomic E-state index is 11.9. The summed E-state index contributed by atoms with van der Waals surface area (Å²) in [4.78, 5) is 11.9. The van der Waals surface area contributed by atoms with Crippen LogP contribution in [0.25, 0.3) is 0 Å². The highest BCUT2D eigenvalue weighted by atomic mass is 79.9. The molecule has 0 aromatic heterocycles. The van der Waals surface area contributed by atoms with E-state index in [1.807, 2.05) is 0 Å². The van der Waals surface area contributed by atoms with Crippen molar-refractivity contribution >= 4 is 33.4 Å². The lowest BCUT2D eigenvalue weighted by atomic mass is 10.2. The lowest BCUT2D eigenvalue weighted by Gasteiger charge is -2.05. The minimum absolute atomic E-state index is 0.0250. The summed E-state index contributed by atoms with van der Waals surface area (Å²) in [6, 6.07) is 5.64. The second-order valence-corrected chi connectivity index (χ2v) is 5.75. The Morgan fingerprint density at radius 1 is 1.59 bits per heavy atom. The van der Waals surface area contributed by atoms with E-state index in [0.717, 1.165) is 10.9 Å². The minimum atomic E-state index is -0.0250. The number of carbonyl (C=O) groups is 1. The largest absolute Gasteiger partial charge is 0.349 e. The molecule has 0 heterocycles. The number of rotatable bonds is 4. The third-order valence-electron chi connectivity index (χ3n) is 3.08. The van der Waals surface area contributed by atoms with Crippen molar-refractivity contribution in [3.8, 4) is 0 Å². The summed E-state index contributed by atoms with van der Waals surface area (Å²) < 4.78 is 0.811. The van der Waals surface area contributed by atoms with Gasteiger partial charge in [0.05, 0.1) is 5.02 Å². The molecule has 1 saturated carbocycles. The lowest BCUT2D eigenvalue weighted by molar-refractivity contribution is 0.0949. The number of nitrogens with one attached hydrogen (secondary N) is 1. The fraction of sp³-hybridized carbons (Fsp3) is 0.462. The van der Waals surface area contributed by atoms with E-state index in [9.17, 15) is 4.79 Å². The van der Waals surface area contributed by atoms with Crippen LogP contribution >= 0.6 is 27.5 Å². The summed E-state index contributed by atoms with van der Waals surface area (Å²) in [7, 11) is 0. The zero-order valence-electron chi connectivity index (χ0n) is 9.67. The Labute approximate surface area is 115 Å². The maximum Gasteiger partial charge on any atom is 0.251 e. The van der Waals surface area contributed by atoms with Gasteiger partial charge in [-0.3, -0.25) is 4.79 Å². The van der Waals surface area contributed by atoms with Crippen LogP contribution in [0, 0.1) is 5.92 Å². The van der Waals surface area contributed by atoms with Crippen LogP contribution in [0.2, 0.25) is 5.02 Å². The average molecular weight is 317 g/mol. The smallest absolute Gasteiger partial charge is 0.251 e. The average Bonchev–Trinajstić information content (AvgIpc) is 3.01. The molecule has 1 amide bonds. The molecule has 0 spiro atoms. The van der Waals surface area contributed by atoms with Gasteiger partial charge in [-0.15, -0.1) is 0 Å². The predicted molar refractivity (Wildman–Crippen MR) is 73.4 cm³/mol. The minimum Gasteiger partial charge on any atom is -0.349 e. The van der Waals surface area contributed by atoms with Gasteiger partial charge in [0.2, 0.25) is 0 Å². The molecular formula is C13H15BrClNO. The molecule has 0 saturated heterocycles. The van der Waals surface area contributed by atoms with E-state index in [0.29, 0.717) is 22.5 Å². The number of carbonyl (C=O) groups excluding carboxylic acids is 1. The van der Waals surface area contributed by atoms with Crippen LogP contribution in [0.3, 0.4) is 0 Å². The maximum atomic E-state index is 11.9. The number of amides is 1. The molecule has 1 aliphatic rings. The molecule has 92 valence electrons. The third kappa shape index (κ3) is 3.23. The Balaban J connectivity index is 1.94. The van der Waals surface area contributed by atoms with Crippen molar-refractivity contribution in [2.24, 2.45) is 5.92 Å². The summed E-state index contributed by atoms with van der Waals surface area (Å²) in [5, 5.41) is 3.61. The van der Waals surface area contributed by atoms with Gasteiger partial charge in [0.15, 0.2) is 0 Å². The van der Waals surface area contributed by atoms with Gasteiger partial charge in [0, 0.05) is 16.1 Å². The van der Waals surface area contributed by atoms with E-state index in [1.165, 1.54) is 12.8 Å². The van der Waals surface area contributed by atoms with Crippen molar-refractivity contribution < 1.29 is 4.79 Å². The molecule has 0 bridgehead atoms. The number of halogens is 2. The molecule has 1 aromatic rings. The monoisotopic (exact) mass is 315 g/mol. The van der Waals surface area contributed by atoms with Gasteiger partial charge in [-0.2, -0.15) is 0 Å². The first-order valence-corrected chi connectivity index (χ1v) is 7.04. The molecule has 0 radical (unpaired) electrons. The summed E-state index contributed by atoms with van der Waals surface area (Å²) in [5.74, 6) is 0.651. The van der Waals surface area contributed by atoms with E-state index in [4.69, 9.17) is 11.6 Å². The topological polar surface area (TPSA) is 29.1 Å². The van der Waals surface area contributed by atoms with Crippen molar-refractivity contribution in [1.82, 2.24) is 5.32 Å². The van der Waals surface area contributed by atoms with Crippen LogP contribution in [0.1, 0.15) is 36.5 Å². The highest BCUT2D eigenvalue weighted by Crippen LogP contribution is 2.34. The van der Waals surface area contributed by atoms with Gasteiger partial charge < -0.3 is 5.32 Å². The highest BCUT2D eigenvalue weighted by molar-refractivity contribution is 9.10. The molecule has 4 heteroatoms. The fourth-order valence-corrected chi connectivity index (χ4v) is 2.43. The van der Waals surface area contributed by atoms with Crippen molar-refractivity contribution in [3.05, 3.63) is 33.3 Å². The van der Waals surface area contributed by atoms with Gasteiger partial charge in [0.1, 0.15) is 0 Å². The van der Waals surface area contributed by atoms with E-state index in [1.54, 1.807) is 18.2 Å². The number of hydrogen-bond donors (Lipinski definition) is 1. The zero-order valence-corrected chi connectivity index (χ0v) is 12.0. The van der Waals surface area contributed by atoms with E-state index < -0.39 is 0 Å². The second kappa shape index (κ2) is 5.40. The molecule has 1 fully saturated rings. The molecule has 0 aliphatic heterocycles. The van der Waals surface area contributed by atoms with Crippen molar-refractivity contribution in [1.29, 1.82) is 0 Å². The van der Waals surface area contributed by atoms with Crippen LogP contribution in [0.15, 0.2) is 22.7 Å².